The molecule has 1 aromatic heterocycles. The van der Waals surface area contributed by atoms with Crippen LogP contribution in [0.4, 0.5) is 5.69 Å². The van der Waals surface area contributed by atoms with E-state index in [9.17, 15) is 4.79 Å². The van der Waals surface area contributed by atoms with Gasteiger partial charge in [0.15, 0.2) is 11.5 Å². The third-order valence-corrected chi connectivity index (χ3v) is 5.03. The highest BCUT2D eigenvalue weighted by atomic mass is 79.9. The fraction of sp³-hybridized carbons (Fsp3) is 0.182. The molecule has 0 saturated carbocycles. The highest BCUT2D eigenvalue weighted by molar-refractivity contribution is 9.10. The second kappa shape index (κ2) is 9.98. The molecule has 0 unspecified atom stereocenters. The molecule has 0 aliphatic heterocycles. The summed E-state index contributed by atoms with van der Waals surface area (Å²) in [5.74, 6) is 1.74. The summed E-state index contributed by atoms with van der Waals surface area (Å²) in [4.78, 5) is 16.9. The maximum absolute atomic E-state index is 12.8. The van der Waals surface area contributed by atoms with Crippen LogP contribution in [0.1, 0.15) is 15.9 Å². The minimum Gasteiger partial charge on any atom is -0.495 e. The topological polar surface area (TPSA) is 78.9 Å². The first-order valence-corrected chi connectivity index (χ1v) is 9.77. The van der Waals surface area contributed by atoms with E-state index in [1.165, 1.54) is 14.2 Å². The van der Waals surface area contributed by atoms with Crippen molar-refractivity contribution in [2.75, 3.05) is 26.6 Å². The summed E-state index contributed by atoms with van der Waals surface area (Å²) in [7, 11) is 4.61. The number of hydrogen-bond acceptors (Lipinski definition) is 6. The Labute approximate surface area is 183 Å². The van der Waals surface area contributed by atoms with Crippen molar-refractivity contribution in [2.45, 2.75) is 6.61 Å². The van der Waals surface area contributed by atoms with Crippen LogP contribution < -0.4 is 24.3 Å². The number of halogens is 1. The van der Waals surface area contributed by atoms with Crippen molar-refractivity contribution in [3.05, 3.63) is 70.5 Å². The molecular weight excluding hydrogens is 452 g/mol. The number of anilines is 1. The van der Waals surface area contributed by atoms with Crippen molar-refractivity contribution in [1.29, 1.82) is 0 Å². The smallest absolute Gasteiger partial charge is 0.255 e. The van der Waals surface area contributed by atoms with E-state index >= 15 is 0 Å². The monoisotopic (exact) mass is 472 g/mol. The number of pyridine rings is 1. The van der Waals surface area contributed by atoms with Crippen LogP contribution in [0.5, 0.6) is 23.0 Å². The molecule has 8 heteroatoms. The molecule has 0 fully saturated rings. The molecule has 0 aliphatic carbocycles. The predicted octanol–water partition coefficient (Wildman–Crippen LogP) is 4.70. The number of benzene rings is 2. The Hall–Kier alpha value is -3.26. The molecule has 0 atom stereocenters. The van der Waals surface area contributed by atoms with Crippen LogP contribution in [0, 0.1) is 0 Å². The Morgan fingerprint density at radius 2 is 1.67 bits per heavy atom. The minimum atomic E-state index is -0.317. The molecule has 156 valence electrons. The highest BCUT2D eigenvalue weighted by Gasteiger charge is 2.16. The third-order valence-electron chi connectivity index (χ3n) is 4.25. The Kier molecular flexibility index (Phi) is 7.13. The van der Waals surface area contributed by atoms with Gasteiger partial charge in [0, 0.05) is 35.3 Å². The number of rotatable bonds is 8. The zero-order valence-electron chi connectivity index (χ0n) is 16.8. The van der Waals surface area contributed by atoms with Gasteiger partial charge in [0.05, 0.1) is 21.3 Å². The van der Waals surface area contributed by atoms with E-state index in [1.807, 2.05) is 12.1 Å². The van der Waals surface area contributed by atoms with Crippen LogP contribution in [0.2, 0.25) is 0 Å². The van der Waals surface area contributed by atoms with Crippen molar-refractivity contribution in [1.82, 2.24) is 4.98 Å². The first-order valence-electron chi connectivity index (χ1n) is 8.98. The van der Waals surface area contributed by atoms with Crippen molar-refractivity contribution in [2.24, 2.45) is 0 Å². The summed E-state index contributed by atoms with van der Waals surface area (Å²) in [6, 6.07) is 12.2. The maximum atomic E-state index is 12.8. The molecule has 0 aliphatic rings. The Morgan fingerprint density at radius 1 is 0.967 bits per heavy atom. The lowest BCUT2D eigenvalue weighted by Crippen LogP contribution is -2.12. The van der Waals surface area contributed by atoms with E-state index in [0.29, 0.717) is 45.3 Å². The molecular formula is C22H21BrN2O5. The molecule has 1 N–H and O–H groups in total. The zero-order chi connectivity index (χ0) is 21.5. The molecule has 7 nitrogen and oxygen atoms in total. The van der Waals surface area contributed by atoms with Gasteiger partial charge in [0.25, 0.3) is 5.91 Å². The lowest BCUT2D eigenvalue weighted by molar-refractivity contribution is 0.102. The van der Waals surface area contributed by atoms with Gasteiger partial charge in [-0.25, -0.2) is 0 Å². The van der Waals surface area contributed by atoms with Crippen LogP contribution in [-0.2, 0) is 6.61 Å². The standard InChI is InChI=1S/C22H21BrN2O5/c1-27-17-7-6-16(11-18(17)30-13-14-5-4-8-24-12-14)25-22(26)15-9-19(28-2)21(23)20(10-15)29-3/h4-12H,13H2,1-3H3,(H,25,26). The highest BCUT2D eigenvalue weighted by Crippen LogP contribution is 2.36. The largest absolute Gasteiger partial charge is 0.495 e. The molecule has 0 bridgehead atoms. The van der Waals surface area contributed by atoms with Crippen molar-refractivity contribution >= 4 is 27.5 Å². The number of aromatic nitrogens is 1. The van der Waals surface area contributed by atoms with Crippen LogP contribution >= 0.6 is 15.9 Å². The van der Waals surface area contributed by atoms with Gasteiger partial charge in [-0.1, -0.05) is 6.07 Å². The molecule has 0 spiro atoms. The van der Waals surface area contributed by atoms with Gasteiger partial charge in [-0.15, -0.1) is 0 Å². The summed E-state index contributed by atoms with van der Waals surface area (Å²) < 4.78 is 22.5. The van der Waals surface area contributed by atoms with Gasteiger partial charge in [0.2, 0.25) is 0 Å². The molecule has 2 aromatic carbocycles. The summed E-state index contributed by atoms with van der Waals surface area (Å²) >= 11 is 3.40. The number of methoxy groups -OCH3 is 3. The number of carbonyl (C=O) groups is 1. The fourth-order valence-corrected chi connectivity index (χ4v) is 3.27. The molecule has 0 saturated heterocycles. The first-order chi connectivity index (χ1) is 14.5. The van der Waals surface area contributed by atoms with Gasteiger partial charge in [-0.3, -0.25) is 9.78 Å². The van der Waals surface area contributed by atoms with Crippen LogP contribution in [0.15, 0.2) is 59.3 Å². The van der Waals surface area contributed by atoms with E-state index in [0.717, 1.165) is 5.56 Å². The van der Waals surface area contributed by atoms with Crippen molar-refractivity contribution in [3.63, 3.8) is 0 Å². The molecule has 0 radical (unpaired) electrons. The van der Waals surface area contributed by atoms with Gasteiger partial charge >= 0.3 is 0 Å². The molecule has 30 heavy (non-hydrogen) atoms. The van der Waals surface area contributed by atoms with Crippen molar-refractivity contribution in [3.8, 4) is 23.0 Å². The van der Waals surface area contributed by atoms with Crippen molar-refractivity contribution < 1.29 is 23.7 Å². The summed E-state index contributed by atoms with van der Waals surface area (Å²) in [6.45, 7) is 0.322. The average molecular weight is 473 g/mol. The number of amides is 1. The second-order valence-corrected chi connectivity index (χ2v) is 6.96. The molecule has 3 rings (SSSR count). The summed E-state index contributed by atoms with van der Waals surface area (Å²) in [5, 5.41) is 2.86. The lowest BCUT2D eigenvalue weighted by atomic mass is 10.1. The lowest BCUT2D eigenvalue weighted by Gasteiger charge is -2.14. The van der Waals surface area contributed by atoms with Gasteiger partial charge in [-0.2, -0.15) is 0 Å². The summed E-state index contributed by atoms with van der Waals surface area (Å²) in [6.07, 6.45) is 3.43. The average Bonchev–Trinajstić information content (AvgIpc) is 2.78. The minimum absolute atomic E-state index is 0.317. The van der Waals surface area contributed by atoms with Gasteiger partial charge in [-0.05, 0) is 46.3 Å². The maximum Gasteiger partial charge on any atom is 0.255 e. The number of carbonyl (C=O) groups excluding carboxylic acids is 1. The van der Waals surface area contributed by atoms with Crippen LogP contribution in [0.3, 0.4) is 0 Å². The van der Waals surface area contributed by atoms with E-state index < -0.39 is 0 Å². The summed E-state index contributed by atoms with van der Waals surface area (Å²) in [5.41, 5.74) is 1.87. The number of hydrogen-bond donors (Lipinski definition) is 1. The molecule has 1 heterocycles. The van der Waals surface area contributed by atoms with Gasteiger partial charge in [0.1, 0.15) is 22.6 Å². The fourth-order valence-electron chi connectivity index (χ4n) is 2.72. The molecule has 1 amide bonds. The van der Waals surface area contributed by atoms with E-state index in [1.54, 1.807) is 49.8 Å². The van der Waals surface area contributed by atoms with E-state index in [4.69, 9.17) is 18.9 Å². The number of nitrogens with one attached hydrogen (secondary N) is 1. The Balaban J connectivity index is 1.80. The third kappa shape index (κ3) is 5.01. The SMILES string of the molecule is COc1ccc(NC(=O)c2cc(OC)c(Br)c(OC)c2)cc1OCc1cccnc1. The Bertz CT molecular complexity index is 1000. The number of nitrogens with zero attached hydrogens (tertiary/aromatic N) is 1. The first kappa shape index (κ1) is 21.4. The number of ether oxygens (including phenoxy) is 4. The van der Waals surface area contributed by atoms with Crippen LogP contribution in [-0.4, -0.2) is 32.2 Å². The van der Waals surface area contributed by atoms with E-state index in [2.05, 4.69) is 26.2 Å². The Morgan fingerprint density at radius 3 is 2.27 bits per heavy atom. The van der Waals surface area contributed by atoms with Gasteiger partial charge < -0.3 is 24.3 Å². The van der Waals surface area contributed by atoms with Crippen LogP contribution in [0.25, 0.3) is 0 Å². The second-order valence-electron chi connectivity index (χ2n) is 6.16. The van der Waals surface area contributed by atoms with E-state index in [-0.39, 0.29) is 5.91 Å². The quantitative estimate of drug-likeness (QED) is 0.511. The zero-order valence-corrected chi connectivity index (χ0v) is 18.4. The molecule has 3 aromatic rings. The predicted molar refractivity (Wildman–Crippen MR) is 117 cm³/mol. The normalized spacial score (nSPS) is 10.3.